The summed E-state index contributed by atoms with van der Waals surface area (Å²) in [5, 5.41) is 0.265. The summed E-state index contributed by atoms with van der Waals surface area (Å²) in [5.74, 6) is 0. The normalized spacial score (nSPS) is 11.3. The van der Waals surface area contributed by atoms with E-state index in [2.05, 4.69) is 9.71 Å². The van der Waals surface area contributed by atoms with Crippen molar-refractivity contribution in [3.63, 3.8) is 0 Å². The molecule has 1 heterocycles. The largest absolute Gasteiger partial charge is 0.399 e. The molecule has 0 amide bonds. The highest BCUT2D eigenvalue weighted by molar-refractivity contribution is 7.92. The summed E-state index contributed by atoms with van der Waals surface area (Å²) in [5.41, 5.74) is 6.15. The molecule has 19 heavy (non-hydrogen) atoms. The summed E-state index contributed by atoms with van der Waals surface area (Å²) in [6, 6.07) is 7.09. The van der Waals surface area contributed by atoms with Gasteiger partial charge in [-0.25, -0.2) is 13.4 Å². The van der Waals surface area contributed by atoms with E-state index < -0.39 is 10.0 Å². The number of aromatic nitrogens is 1. The minimum atomic E-state index is -3.83. The zero-order valence-corrected chi connectivity index (χ0v) is 11.8. The molecule has 100 valence electrons. The predicted octanol–water partition coefficient (Wildman–Crippen LogP) is 2.77. The zero-order chi connectivity index (χ0) is 14.0. The summed E-state index contributed by atoms with van der Waals surface area (Å²) >= 11 is 11.5. The summed E-state index contributed by atoms with van der Waals surface area (Å²) in [6.45, 7) is 0. The van der Waals surface area contributed by atoms with Crippen molar-refractivity contribution in [3.8, 4) is 0 Å². The van der Waals surface area contributed by atoms with Crippen molar-refractivity contribution in [1.29, 1.82) is 0 Å². The highest BCUT2D eigenvalue weighted by atomic mass is 35.5. The van der Waals surface area contributed by atoms with Crippen LogP contribution in [0.15, 0.2) is 41.4 Å². The summed E-state index contributed by atoms with van der Waals surface area (Å²) in [6.07, 6.45) is 1.39. The fourth-order valence-corrected chi connectivity index (χ4v) is 3.16. The van der Waals surface area contributed by atoms with Gasteiger partial charge in [0.2, 0.25) is 0 Å². The van der Waals surface area contributed by atoms with Gasteiger partial charge >= 0.3 is 0 Å². The minimum absolute atomic E-state index is 0.0850. The van der Waals surface area contributed by atoms with Crippen LogP contribution in [0, 0.1) is 0 Å². The third-order valence-electron chi connectivity index (χ3n) is 2.22. The Kier molecular flexibility index (Phi) is 3.84. The van der Waals surface area contributed by atoms with Gasteiger partial charge in [0.15, 0.2) is 0 Å². The minimum Gasteiger partial charge on any atom is -0.399 e. The van der Waals surface area contributed by atoms with E-state index in [9.17, 15) is 8.42 Å². The highest BCUT2D eigenvalue weighted by Gasteiger charge is 2.18. The SMILES string of the molecule is Nc1ccc(Cl)c(S(=O)(=O)Nc2ccnc(Cl)c2)c1. The maximum absolute atomic E-state index is 12.2. The lowest BCUT2D eigenvalue weighted by atomic mass is 10.3. The molecule has 0 fully saturated rings. The van der Waals surface area contributed by atoms with Crippen LogP contribution in [0.3, 0.4) is 0 Å². The number of pyridine rings is 1. The van der Waals surface area contributed by atoms with E-state index in [1.54, 1.807) is 0 Å². The molecule has 0 aliphatic rings. The van der Waals surface area contributed by atoms with E-state index >= 15 is 0 Å². The maximum Gasteiger partial charge on any atom is 0.263 e. The molecule has 5 nitrogen and oxygen atoms in total. The molecule has 0 saturated carbocycles. The van der Waals surface area contributed by atoms with Crippen molar-refractivity contribution in [2.75, 3.05) is 10.5 Å². The first-order valence-electron chi connectivity index (χ1n) is 5.08. The van der Waals surface area contributed by atoms with Gasteiger partial charge in [-0.05, 0) is 30.3 Å². The molecule has 1 aromatic heterocycles. The molecule has 0 bridgehead atoms. The lowest BCUT2D eigenvalue weighted by Gasteiger charge is -2.10. The Morgan fingerprint density at radius 2 is 1.89 bits per heavy atom. The van der Waals surface area contributed by atoms with Crippen molar-refractivity contribution >= 4 is 44.6 Å². The molecule has 8 heteroatoms. The first-order chi connectivity index (χ1) is 8.88. The van der Waals surface area contributed by atoms with Crippen LogP contribution in [-0.4, -0.2) is 13.4 Å². The Labute approximate surface area is 120 Å². The second-order valence-electron chi connectivity index (χ2n) is 3.66. The fraction of sp³-hybridized carbons (Fsp3) is 0. The number of nitrogens with two attached hydrogens (primary N) is 1. The van der Waals surface area contributed by atoms with Gasteiger partial charge in [-0.2, -0.15) is 0 Å². The number of rotatable bonds is 3. The van der Waals surface area contributed by atoms with E-state index in [0.29, 0.717) is 11.4 Å². The molecule has 0 spiro atoms. The maximum atomic E-state index is 12.2. The van der Waals surface area contributed by atoms with Gasteiger partial charge in [0.05, 0.1) is 10.7 Å². The van der Waals surface area contributed by atoms with Crippen LogP contribution in [-0.2, 0) is 10.0 Å². The van der Waals surface area contributed by atoms with Gasteiger partial charge in [0.1, 0.15) is 10.0 Å². The van der Waals surface area contributed by atoms with Gasteiger partial charge in [0, 0.05) is 11.9 Å². The van der Waals surface area contributed by atoms with Crippen LogP contribution in [0.2, 0.25) is 10.2 Å². The summed E-state index contributed by atoms with van der Waals surface area (Å²) in [4.78, 5) is 3.66. The van der Waals surface area contributed by atoms with Crippen LogP contribution in [0.25, 0.3) is 0 Å². The van der Waals surface area contributed by atoms with Gasteiger partial charge in [0.25, 0.3) is 10.0 Å². The number of nitrogens with zero attached hydrogens (tertiary/aromatic N) is 1. The number of nitrogen functional groups attached to an aromatic ring is 1. The van der Waals surface area contributed by atoms with E-state index in [-0.39, 0.29) is 15.1 Å². The summed E-state index contributed by atoms with van der Waals surface area (Å²) in [7, 11) is -3.83. The number of hydrogen-bond donors (Lipinski definition) is 2. The number of sulfonamides is 1. The van der Waals surface area contributed by atoms with Crippen LogP contribution in [0.4, 0.5) is 11.4 Å². The third-order valence-corrected chi connectivity index (χ3v) is 4.29. The Hall–Kier alpha value is -1.50. The molecule has 1 aromatic carbocycles. The van der Waals surface area contributed by atoms with E-state index in [1.165, 1.54) is 36.5 Å². The van der Waals surface area contributed by atoms with Crippen molar-refractivity contribution in [2.45, 2.75) is 4.90 Å². The Bertz CT molecular complexity index is 720. The van der Waals surface area contributed by atoms with Gasteiger partial charge in [-0.15, -0.1) is 0 Å². The topological polar surface area (TPSA) is 85.1 Å². The number of nitrogens with one attached hydrogen (secondary N) is 1. The van der Waals surface area contributed by atoms with Crippen LogP contribution >= 0.6 is 23.2 Å². The van der Waals surface area contributed by atoms with Crippen LogP contribution in [0.5, 0.6) is 0 Å². The van der Waals surface area contributed by atoms with E-state index in [1.807, 2.05) is 0 Å². The molecule has 0 aliphatic carbocycles. The molecule has 0 radical (unpaired) electrons. The summed E-state index contributed by atoms with van der Waals surface area (Å²) < 4.78 is 26.7. The van der Waals surface area contributed by atoms with Gasteiger partial charge < -0.3 is 5.73 Å². The Morgan fingerprint density at radius 3 is 2.58 bits per heavy atom. The Balaban J connectivity index is 2.40. The monoisotopic (exact) mass is 317 g/mol. The first kappa shape index (κ1) is 13.9. The number of halogens is 2. The lowest BCUT2D eigenvalue weighted by molar-refractivity contribution is 0.601. The van der Waals surface area contributed by atoms with Crippen molar-refractivity contribution < 1.29 is 8.42 Å². The average Bonchev–Trinajstić information content (AvgIpc) is 2.31. The lowest BCUT2D eigenvalue weighted by Crippen LogP contribution is -2.13. The molecular formula is C11H9Cl2N3O2S. The van der Waals surface area contributed by atoms with Crippen molar-refractivity contribution in [3.05, 3.63) is 46.7 Å². The Morgan fingerprint density at radius 1 is 1.16 bits per heavy atom. The number of benzene rings is 1. The van der Waals surface area contributed by atoms with E-state index in [0.717, 1.165) is 0 Å². The standard InChI is InChI=1S/C11H9Cl2N3O2S/c12-9-2-1-7(14)5-10(9)19(17,18)16-8-3-4-15-11(13)6-8/h1-6H,14H2,(H,15,16). The molecular weight excluding hydrogens is 309 g/mol. The van der Waals surface area contributed by atoms with Crippen LogP contribution < -0.4 is 10.5 Å². The quantitative estimate of drug-likeness (QED) is 0.673. The third kappa shape index (κ3) is 3.28. The van der Waals surface area contributed by atoms with Crippen molar-refractivity contribution in [1.82, 2.24) is 4.98 Å². The number of hydrogen-bond acceptors (Lipinski definition) is 4. The molecule has 2 aromatic rings. The number of anilines is 2. The van der Waals surface area contributed by atoms with Gasteiger partial charge in [-0.1, -0.05) is 23.2 Å². The molecule has 0 unspecified atom stereocenters. The second-order valence-corrected chi connectivity index (χ2v) is 6.11. The molecule has 0 atom stereocenters. The fourth-order valence-electron chi connectivity index (χ4n) is 1.40. The van der Waals surface area contributed by atoms with E-state index in [4.69, 9.17) is 28.9 Å². The smallest absolute Gasteiger partial charge is 0.263 e. The molecule has 3 N–H and O–H groups in total. The predicted molar refractivity (Wildman–Crippen MR) is 75.9 cm³/mol. The average molecular weight is 318 g/mol. The second kappa shape index (κ2) is 5.24. The van der Waals surface area contributed by atoms with Crippen LogP contribution in [0.1, 0.15) is 0 Å². The zero-order valence-electron chi connectivity index (χ0n) is 9.47. The molecule has 2 rings (SSSR count). The highest BCUT2D eigenvalue weighted by Crippen LogP contribution is 2.26. The molecule has 0 aliphatic heterocycles. The van der Waals surface area contributed by atoms with Gasteiger partial charge in [-0.3, -0.25) is 4.72 Å². The molecule has 0 saturated heterocycles. The first-order valence-corrected chi connectivity index (χ1v) is 7.32. The van der Waals surface area contributed by atoms with Crippen molar-refractivity contribution in [2.24, 2.45) is 0 Å².